The largest absolute Gasteiger partial charge is 0.491 e. The summed E-state index contributed by atoms with van der Waals surface area (Å²) in [5.41, 5.74) is 0.630. The minimum Gasteiger partial charge on any atom is -0.491 e. The Balaban J connectivity index is 2.08. The summed E-state index contributed by atoms with van der Waals surface area (Å²) in [6.07, 6.45) is -0.950. The van der Waals surface area contributed by atoms with E-state index in [1.165, 1.54) is 23.5 Å². The number of aliphatic hydroxyl groups is 1. The van der Waals surface area contributed by atoms with E-state index >= 15 is 0 Å². The minimum absolute atomic E-state index is 0.000224. The molecular weight excluding hydrogens is 329 g/mol. The van der Waals surface area contributed by atoms with Gasteiger partial charge in [0.05, 0.1) is 17.6 Å². The molecular formula is C14H16FNO4S2. The lowest BCUT2D eigenvalue weighted by molar-refractivity contribution is 0.182. The van der Waals surface area contributed by atoms with Gasteiger partial charge in [0.1, 0.15) is 0 Å². The highest BCUT2D eigenvalue weighted by Gasteiger charge is 2.19. The van der Waals surface area contributed by atoms with Crippen molar-refractivity contribution in [1.29, 1.82) is 0 Å². The van der Waals surface area contributed by atoms with Crippen molar-refractivity contribution in [2.24, 2.45) is 0 Å². The van der Waals surface area contributed by atoms with Crippen LogP contribution in [0.4, 0.5) is 4.39 Å². The zero-order valence-electron chi connectivity index (χ0n) is 11.8. The van der Waals surface area contributed by atoms with Gasteiger partial charge in [-0.05, 0) is 47.5 Å². The molecule has 1 heterocycles. The molecule has 22 heavy (non-hydrogen) atoms. The number of halogens is 1. The third kappa shape index (κ3) is 4.04. The molecule has 0 radical (unpaired) electrons. The molecule has 0 aliphatic carbocycles. The van der Waals surface area contributed by atoms with E-state index < -0.39 is 21.9 Å². The Labute approximate surface area is 132 Å². The van der Waals surface area contributed by atoms with E-state index in [4.69, 9.17) is 4.74 Å². The molecule has 0 saturated heterocycles. The summed E-state index contributed by atoms with van der Waals surface area (Å²) < 4.78 is 45.2. The van der Waals surface area contributed by atoms with E-state index in [9.17, 15) is 17.9 Å². The van der Waals surface area contributed by atoms with Crippen LogP contribution in [0.5, 0.6) is 5.75 Å². The van der Waals surface area contributed by atoms with Crippen molar-refractivity contribution in [3.63, 3.8) is 0 Å². The van der Waals surface area contributed by atoms with Crippen molar-refractivity contribution in [2.45, 2.75) is 17.9 Å². The van der Waals surface area contributed by atoms with E-state index in [-0.39, 0.29) is 23.8 Å². The third-order valence-electron chi connectivity index (χ3n) is 2.91. The smallest absolute Gasteiger partial charge is 0.240 e. The molecule has 1 atom stereocenters. The van der Waals surface area contributed by atoms with Crippen molar-refractivity contribution < 1.29 is 22.7 Å². The van der Waals surface area contributed by atoms with Crippen LogP contribution in [0.15, 0.2) is 39.9 Å². The summed E-state index contributed by atoms with van der Waals surface area (Å²) in [5.74, 6) is -0.747. The van der Waals surface area contributed by atoms with Crippen molar-refractivity contribution in [2.75, 3.05) is 13.2 Å². The third-order valence-corrected chi connectivity index (χ3v) is 5.03. The number of hydrogen-bond donors (Lipinski definition) is 2. The lowest BCUT2D eigenvalue weighted by Crippen LogP contribution is -2.28. The maximum absolute atomic E-state index is 13.7. The summed E-state index contributed by atoms with van der Waals surface area (Å²) in [6, 6.07) is 5.13. The fraction of sp³-hybridized carbons (Fsp3) is 0.286. The van der Waals surface area contributed by atoms with Crippen LogP contribution in [0, 0.1) is 5.82 Å². The van der Waals surface area contributed by atoms with Crippen molar-refractivity contribution >= 4 is 21.4 Å². The monoisotopic (exact) mass is 345 g/mol. The van der Waals surface area contributed by atoms with Crippen LogP contribution in [-0.2, 0) is 10.0 Å². The Morgan fingerprint density at radius 2 is 2.18 bits per heavy atom. The first-order chi connectivity index (χ1) is 10.4. The van der Waals surface area contributed by atoms with Gasteiger partial charge in [0.15, 0.2) is 11.6 Å². The second-order valence-electron chi connectivity index (χ2n) is 4.45. The number of aliphatic hydroxyl groups excluding tert-OH is 1. The molecule has 120 valence electrons. The highest BCUT2D eigenvalue weighted by atomic mass is 32.2. The molecule has 1 unspecified atom stereocenters. The van der Waals surface area contributed by atoms with Gasteiger partial charge in [0.2, 0.25) is 10.0 Å². The first-order valence-electron chi connectivity index (χ1n) is 6.56. The summed E-state index contributed by atoms with van der Waals surface area (Å²) in [7, 11) is -3.90. The SMILES string of the molecule is CCOc1ccc(S(=O)(=O)NCC(O)c2ccsc2)cc1F. The van der Waals surface area contributed by atoms with Gasteiger partial charge in [0.25, 0.3) is 0 Å². The van der Waals surface area contributed by atoms with Crippen LogP contribution in [0.2, 0.25) is 0 Å². The molecule has 0 aliphatic rings. The number of benzene rings is 1. The molecule has 1 aromatic heterocycles. The maximum Gasteiger partial charge on any atom is 0.240 e. The number of ether oxygens (including phenoxy) is 1. The predicted octanol–water partition coefficient (Wildman–Crippen LogP) is 2.30. The Bertz CT molecular complexity index is 716. The van der Waals surface area contributed by atoms with Crippen LogP contribution in [0.3, 0.4) is 0 Å². The number of sulfonamides is 1. The molecule has 0 spiro atoms. The summed E-state index contributed by atoms with van der Waals surface area (Å²) >= 11 is 1.41. The lowest BCUT2D eigenvalue weighted by atomic mass is 10.2. The first-order valence-corrected chi connectivity index (χ1v) is 8.99. The summed E-state index contributed by atoms with van der Waals surface area (Å²) in [4.78, 5) is -0.217. The molecule has 0 amide bonds. The van der Waals surface area contributed by atoms with E-state index in [2.05, 4.69) is 4.72 Å². The number of nitrogens with one attached hydrogen (secondary N) is 1. The van der Waals surface area contributed by atoms with Gasteiger partial charge in [-0.25, -0.2) is 17.5 Å². The fourth-order valence-electron chi connectivity index (χ4n) is 1.78. The van der Waals surface area contributed by atoms with E-state index in [1.807, 2.05) is 0 Å². The van der Waals surface area contributed by atoms with Crippen molar-refractivity contribution in [3.05, 3.63) is 46.4 Å². The van der Waals surface area contributed by atoms with Crippen molar-refractivity contribution in [1.82, 2.24) is 4.72 Å². The Morgan fingerprint density at radius 3 is 2.77 bits per heavy atom. The lowest BCUT2D eigenvalue weighted by Gasteiger charge is -2.12. The van der Waals surface area contributed by atoms with Crippen molar-refractivity contribution in [3.8, 4) is 5.75 Å². The van der Waals surface area contributed by atoms with E-state index in [0.717, 1.165) is 6.07 Å². The molecule has 2 N–H and O–H groups in total. The van der Waals surface area contributed by atoms with E-state index in [1.54, 1.807) is 23.8 Å². The highest BCUT2D eigenvalue weighted by Crippen LogP contribution is 2.21. The Kier molecular flexibility index (Phi) is 5.52. The number of rotatable bonds is 7. The highest BCUT2D eigenvalue weighted by molar-refractivity contribution is 7.89. The summed E-state index contributed by atoms with van der Waals surface area (Å²) in [6.45, 7) is 1.81. The fourth-order valence-corrected chi connectivity index (χ4v) is 3.53. The zero-order chi connectivity index (χ0) is 16.2. The van der Waals surface area contributed by atoms with Crippen LogP contribution in [0.25, 0.3) is 0 Å². The number of thiophene rings is 1. The molecule has 0 aliphatic heterocycles. The minimum atomic E-state index is -3.90. The molecule has 0 saturated carbocycles. The second kappa shape index (κ2) is 7.19. The van der Waals surface area contributed by atoms with Crippen LogP contribution < -0.4 is 9.46 Å². The van der Waals surface area contributed by atoms with Crippen LogP contribution >= 0.6 is 11.3 Å². The quantitative estimate of drug-likeness (QED) is 0.807. The molecule has 8 heteroatoms. The van der Waals surface area contributed by atoms with Gasteiger partial charge < -0.3 is 9.84 Å². The number of hydrogen-bond acceptors (Lipinski definition) is 5. The standard InChI is InChI=1S/C14H16FNO4S2/c1-2-20-14-4-3-11(7-12(14)15)22(18,19)16-8-13(17)10-5-6-21-9-10/h3-7,9,13,16-17H,2,8H2,1H3. The topological polar surface area (TPSA) is 75.6 Å². The van der Waals surface area contributed by atoms with Gasteiger partial charge in [-0.1, -0.05) is 0 Å². The average molecular weight is 345 g/mol. The van der Waals surface area contributed by atoms with Gasteiger partial charge in [-0.3, -0.25) is 0 Å². The molecule has 1 aromatic carbocycles. The van der Waals surface area contributed by atoms with Gasteiger partial charge >= 0.3 is 0 Å². The summed E-state index contributed by atoms with van der Waals surface area (Å²) in [5, 5.41) is 13.4. The maximum atomic E-state index is 13.7. The normalized spacial score (nSPS) is 13.0. The molecule has 0 bridgehead atoms. The predicted molar refractivity (Wildman–Crippen MR) is 82.0 cm³/mol. The molecule has 2 aromatic rings. The van der Waals surface area contributed by atoms with Crippen LogP contribution in [0.1, 0.15) is 18.6 Å². The zero-order valence-corrected chi connectivity index (χ0v) is 13.5. The van der Waals surface area contributed by atoms with Gasteiger partial charge in [0, 0.05) is 6.54 Å². The average Bonchev–Trinajstić information content (AvgIpc) is 3.01. The Hall–Kier alpha value is -1.48. The van der Waals surface area contributed by atoms with Gasteiger partial charge in [-0.2, -0.15) is 11.3 Å². The van der Waals surface area contributed by atoms with Gasteiger partial charge in [-0.15, -0.1) is 0 Å². The first kappa shape index (κ1) is 16.9. The Morgan fingerprint density at radius 1 is 1.41 bits per heavy atom. The molecule has 0 fully saturated rings. The second-order valence-corrected chi connectivity index (χ2v) is 7.00. The molecule has 2 rings (SSSR count). The van der Waals surface area contributed by atoms with E-state index in [0.29, 0.717) is 5.56 Å². The molecule has 5 nitrogen and oxygen atoms in total. The van der Waals surface area contributed by atoms with Crippen LogP contribution in [-0.4, -0.2) is 26.7 Å².